The van der Waals surface area contributed by atoms with E-state index in [1.165, 1.54) is 17.7 Å². The van der Waals surface area contributed by atoms with Gasteiger partial charge in [-0.2, -0.15) is 5.10 Å². The fourth-order valence-electron chi connectivity index (χ4n) is 5.75. The summed E-state index contributed by atoms with van der Waals surface area (Å²) in [6.07, 6.45) is 9.58. The van der Waals surface area contributed by atoms with E-state index in [-0.39, 0.29) is 17.3 Å². The first-order chi connectivity index (χ1) is 18.5. The Morgan fingerprint density at radius 3 is 2.76 bits per heavy atom. The number of piperidine rings is 1. The van der Waals surface area contributed by atoms with Crippen molar-refractivity contribution in [1.29, 1.82) is 0 Å². The first kappa shape index (κ1) is 24.6. The molecule has 194 valence electrons. The molecule has 2 N–H and O–H groups in total. The van der Waals surface area contributed by atoms with E-state index < -0.39 is 0 Å². The number of aromatic nitrogens is 3. The van der Waals surface area contributed by atoms with E-state index in [1.807, 2.05) is 35.4 Å². The molecule has 6 rings (SSSR count). The number of H-pyrrole nitrogens is 1. The van der Waals surface area contributed by atoms with Crippen LogP contribution in [0.2, 0.25) is 5.15 Å². The lowest BCUT2D eigenvalue weighted by Crippen LogP contribution is -2.47. The Balaban J connectivity index is 1.18. The fourth-order valence-corrected chi connectivity index (χ4v) is 5.94. The number of hydrogen-bond acceptors (Lipinski definition) is 4. The highest BCUT2D eigenvalue weighted by Gasteiger charge is 2.47. The predicted octanol–water partition coefficient (Wildman–Crippen LogP) is 5.53. The van der Waals surface area contributed by atoms with Gasteiger partial charge >= 0.3 is 6.03 Å². The van der Waals surface area contributed by atoms with Gasteiger partial charge in [0.2, 0.25) is 0 Å². The molecule has 0 radical (unpaired) electrons. The first-order valence-corrected chi connectivity index (χ1v) is 13.2. The number of halogens is 2. The number of carbonyl (C=O) groups excluding carboxylic acids is 1. The molecule has 0 bridgehead atoms. The van der Waals surface area contributed by atoms with Gasteiger partial charge in [0.1, 0.15) is 11.0 Å². The SMILES string of the molecule is O=C(NCc1ccnc(Cl)c1)N1CC2(CCN(CC=Cc3ccc(F)cc3)CC2)c2c1ccc1[nH]ncc21. The highest BCUT2D eigenvalue weighted by Crippen LogP contribution is 2.49. The number of likely N-dealkylation sites (tertiary alicyclic amines) is 1. The van der Waals surface area contributed by atoms with Gasteiger partial charge in [0.05, 0.1) is 17.4 Å². The molecule has 2 aromatic carbocycles. The van der Waals surface area contributed by atoms with Gasteiger partial charge in [0.25, 0.3) is 0 Å². The summed E-state index contributed by atoms with van der Waals surface area (Å²) in [4.78, 5) is 21.7. The van der Waals surface area contributed by atoms with Gasteiger partial charge in [-0.15, -0.1) is 0 Å². The zero-order chi connectivity index (χ0) is 26.1. The number of urea groups is 1. The van der Waals surface area contributed by atoms with Gasteiger partial charge in [0.15, 0.2) is 0 Å². The van der Waals surface area contributed by atoms with Gasteiger partial charge in [-0.1, -0.05) is 35.9 Å². The van der Waals surface area contributed by atoms with Crippen LogP contribution in [0.5, 0.6) is 0 Å². The topological polar surface area (TPSA) is 77.2 Å². The average molecular weight is 531 g/mol. The summed E-state index contributed by atoms with van der Waals surface area (Å²) in [5.41, 5.74) is 4.91. The number of rotatable bonds is 5. The summed E-state index contributed by atoms with van der Waals surface area (Å²) in [5, 5.41) is 11.9. The zero-order valence-electron chi connectivity index (χ0n) is 20.8. The third-order valence-electron chi connectivity index (χ3n) is 7.72. The summed E-state index contributed by atoms with van der Waals surface area (Å²) in [6.45, 7) is 3.69. The standard InChI is InChI=1S/C29H28ClFN6O/c30-26-16-21(9-12-32-26)17-33-28(38)37-19-29(27-23-18-34-35-24(23)7-8-25(27)37)10-14-36(15-11-29)13-1-2-20-3-5-22(31)6-4-20/h1-9,12,16,18H,10-11,13-15,17,19H2,(H,33,38)(H,34,35). The smallest absolute Gasteiger partial charge is 0.322 e. The Labute approximate surface area is 225 Å². The average Bonchev–Trinajstić information content (AvgIpc) is 3.53. The Bertz CT molecular complexity index is 1490. The van der Waals surface area contributed by atoms with Crippen molar-refractivity contribution in [1.82, 2.24) is 25.4 Å². The second kappa shape index (κ2) is 10.2. The molecule has 2 aromatic heterocycles. The van der Waals surface area contributed by atoms with Gasteiger partial charge < -0.3 is 5.32 Å². The molecule has 4 heterocycles. The molecule has 7 nitrogen and oxygen atoms in total. The van der Waals surface area contributed by atoms with Crippen molar-refractivity contribution in [2.45, 2.75) is 24.8 Å². The molecule has 1 fully saturated rings. The summed E-state index contributed by atoms with van der Waals surface area (Å²) >= 11 is 6.01. The van der Waals surface area contributed by atoms with Crippen LogP contribution < -0.4 is 10.2 Å². The Hall–Kier alpha value is -3.75. The quantitative estimate of drug-likeness (QED) is 0.333. The molecule has 0 aliphatic carbocycles. The maximum Gasteiger partial charge on any atom is 0.322 e. The van der Waals surface area contributed by atoms with Crippen LogP contribution in [0, 0.1) is 5.82 Å². The fraction of sp³-hybridized carbons (Fsp3) is 0.276. The molecule has 4 aromatic rings. The van der Waals surface area contributed by atoms with Crippen molar-refractivity contribution in [2.24, 2.45) is 0 Å². The third-order valence-corrected chi connectivity index (χ3v) is 7.93. The maximum atomic E-state index is 13.4. The van der Waals surface area contributed by atoms with Crippen LogP contribution in [0.25, 0.3) is 17.0 Å². The minimum atomic E-state index is -0.225. The number of nitrogens with one attached hydrogen (secondary N) is 2. The first-order valence-electron chi connectivity index (χ1n) is 12.8. The number of nitrogens with zero attached hydrogens (tertiary/aromatic N) is 4. The number of benzene rings is 2. The number of hydrogen-bond donors (Lipinski definition) is 2. The molecule has 1 saturated heterocycles. The largest absolute Gasteiger partial charge is 0.334 e. The van der Waals surface area contributed by atoms with Crippen molar-refractivity contribution in [2.75, 3.05) is 31.1 Å². The number of fused-ring (bicyclic) bond motifs is 4. The molecule has 2 amide bonds. The van der Waals surface area contributed by atoms with E-state index >= 15 is 0 Å². The van der Waals surface area contributed by atoms with Crippen molar-refractivity contribution < 1.29 is 9.18 Å². The van der Waals surface area contributed by atoms with Crippen LogP contribution in [0.15, 0.2) is 67.0 Å². The molecular weight excluding hydrogens is 503 g/mol. The molecule has 0 saturated carbocycles. The van der Waals surface area contributed by atoms with Gasteiger partial charge in [-0.25, -0.2) is 14.2 Å². The van der Waals surface area contributed by atoms with E-state index in [4.69, 9.17) is 11.6 Å². The number of anilines is 1. The molecule has 38 heavy (non-hydrogen) atoms. The van der Waals surface area contributed by atoms with Crippen molar-refractivity contribution in [3.05, 3.63) is 94.7 Å². The van der Waals surface area contributed by atoms with Gasteiger partial charge in [0, 0.05) is 36.6 Å². The van der Waals surface area contributed by atoms with Crippen molar-refractivity contribution in [3.63, 3.8) is 0 Å². The monoisotopic (exact) mass is 530 g/mol. The molecule has 1 spiro atoms. The van der Waals surface area contributed by atoms with E-state index in [0.29, 0.717) is 18.2 Å². The van der Waals surface area contributed by atoms with Crippen LogP contribution >= 0.6 is 11.6 Å². The number of amides is 2. The molecule has 0 unspecified atom stereocenters. The summed E-state index contributed by atoms with van der Waals surface area (Å²) in [6, 6.07) is 14.0. The highest BCUT2D eigenvalue weighted by atomic mass is 35.5. The number of aromatic amines is 1. The van der Waals surface area contributed by atoms with Crippen molar-refractivity contribution in [3.8, 4) is 0 Å². The van der Waals surface area contributed by atoms with Crippen LogP contribution in [0.1, 0.15) is 29.5 Å². The van der Waals surface area contributed by atoms with Gasteiger partial charge in [-0.05, 0) is 79.0 Å². The second-order valence-corrected chi connectivity index (χ2v) is 10.4. The highest BCUT2D eigenvalue weighted by molar-refractivity contribution is 6.29. The van der Waals surface area contributed by atoms with Crippen LogP contribution in [-0.4, -0.2) is 52.3 Å². The van der Waals surface area contributed by atoms with E-state index in [1.54, 1.807) is 24.4 Å². The lowest BCUT2D eigenvalue weighted by molar-refractivity contribution is 0.181. The van der Waals surface area contributed by atoms with E-state index in [0.717, 1.165) is 60.2 Å². The summed E-state index contributed by atoms with van der Waals surface area (Å²) < 4.78 is 13.2. The number of pyridine rings is 1. The van der Waals surface area contributed by atoms with E-state index in [9.17, 15) is 9.18 Å². The summed E-state index contributed by atoms with van der Waals surface area (Å²) in [5.74, 6) is -0.225. The lowest BCUT2D eigenvalue weighted by Gasteiger charge is -2.39. The second-order valence-electron chi connectivity index (χ2n) is 10.1. The molecular formula is C29H28ClFN6O. The zero-order valence-corrected chi connectivity index (χ0v) is 21.6. The minimum Gasteiger partial charge on any atom is -0.334 e. The Morgan fingerprint density at radius 2 is 1.97 bits per heavy atom. The Morgan fingerprint density at radius 1 is 1.16 bits per heavy atom. The molecule has 9 heteroatoms. The molecule has 2 aliphatic heterocycles. The normalized spacial score (nSPS) is 16.9. The predicted molar refractivity (Wildman–Crippen MR) is 148 cm³/mol. The number of carbonyl (C=O) groups is 1. The molecule has 0 atom stereocenters. The minimum absolute atomic E-state index is 0.122. The lowest BCUT2D eigenvalue weighted by atomic mass is 9.73. The van der Waals surface area contributed by atoms with Crippen LogP contribution in [0.4, 0.5) is 14.9 Å². The van der Waals surface area contributed by atoms with Gasteiger partial charge in [-0.3, -0.25) is 14.9 Å². The van der Waals surface area contributed by atoms with Crippen LogP contribution in [-0.2, 0) is 12.0 Å². The van der Waals surface area contributed by atoms with Crippen LogP contribution in [0.3, 0.4) is 0 Å². The van der Waals surface area contributed by atoms with Crippen molar-refractivity contribution >= 4 is 40.3 Å². The van der Waals surface area contributed by atoms with E-state index in [2.05, 4.69) is 31.5 Å². The maximum absolute atomic E-state index is 13.4. The Kier molecular flexibility index (Phi) is 6.59. The third kappa shape index (κ3) is 4.77. The summed E-state index contributed by atoms with van der Waals surface area (Å²) in [7, 11) is 0. The molecule has 2 aliphatic rings.